The maximum Gasteiger partial charge on any atom is 0.433 e. The molecule has 22 heavy (non-hydrogen) atoms. The van der Waals surface area contributed by atoms with Crippen LogP contribution in [0.25, 0.3) is 0 Å². The van der Waals surface area contributed by atoms with Gasteiger partial charge in [0, 0.05) is 17.8 Å². The highest BCUT2D eigenvalue weighted by Gasteiger charge is 2.31. The number of hydrogen-bond donors (Lipinski definition) is 0. The van der Waals surface area contributed by atoms with Gasteiger partial charge >= 0.3 is 6.18 Å². The number of rotatable bonds is 4. The van der Waals surface area contributed by atoms with E-state index >= 15 is 0 Å². The van der Waals surface area contributed by atoms with Crippen LogP contribution in [0.2, 0.25) is 0 Å². The first-order chi connectivity index (χ1) is 10.4. The van der Waals surface area contributed by atoms with Gasteiger partial charge in [-0.1, -0.05) is 6.07 Å². The number of ether oxygens (including phenoxy) is 2. The van der Waals surface area contributed by atoms with Crippen molar-refractivity contribution in [3.63, 3.8) is 0 Å². The lowest BCUT2D eigenvalue weighted by Crippen LogP contribution is -2.08. The van der Waals surface area contributed by atoms with Gasteiger partial charge in [0.1, 0.15) is 29.9 Å². The minimum absolute atomic E-state index is 0.0557. The van der Waals surface area contributed by atoms with E-state index in [1.54, 1.807) is 12.1 Å². The molecule has 0 aliphatic rings. The molecule has 0 N–H and O–H groups in total. The molecular formula is C15H11F3N2O2. The topological polar surface area (TPSA) is 55.1 Å². The zero-order valence-electron chi connectivity index (χ0n) is 11.5. The number of methoxy groups -OCH3 is 1. The normalized spacial score (nSPS) is 10.9. The average Bonchev–Trinajstić information content (AvgIpc) is 2.52. The van der Waals surface area contributed by atoms with Gasteiger partial charge in [-0.05, 0) is 18.2 Å². The molecule has 0 saturated carbocycles. The van der Waals surface area contributed by atoms with Gasteiger partial charge in [0.25, 0.3) is 0 Å². The first-order valence-electron chi connectivity index (χ1n) is 6.17. The molecule has 1 aromatic heterocycles. The Bertz CT molecular complexity index is 691. The number of aromatic nitrogens is 1. The van der Waals surface area contributed by atoms with Crippen LogP contribution >= 0.6 is 0 Å². The predicted octanol–water partition coefficient (Wildman–Crippen LogP) is 3.56. The number of nitriles is 1. The summed E-state index contributed by atoms with van der Waals surface area (Å²) in [4.78, 5) is 3.35. The fourth-order valence-electron chi connectivity index (χ4n) is 1.70. The van der Waals surface area contributed by atoms with Gasteiger partial charge < -0.3 is 9.47 Å². The molecular weight excluding hydrogens is 297 g/mol. The van der Waals surface area contributed by atoms with Crippen LogP contribution in [-0.4, -0.2) is 12.1 Å². The van der Waals surface area contributed by atoms with Gasteiger partial charge in [0.15, 0.2) is 0 Å². The summed E-state index contributed by atoms with van der Waals surface area (Å²) in [5.41, 5.74) is -0.0846. The fourth-order valence-corrected chi connectivity index (χ4v) is 1.70. The van der Waals surface area contributed by atoms with E-state index in [0.29, 0.717) is 22.6 Å². The van der Waals surface area contributed by atoms with Gasteiger partial charge in [0.05, 0.1) is 12.7 Å². The average molecular weight is 308 g/mol. The Hall–Kier alpha value is -2.75. The molecule has 1 heterocycles. The van der Waals surface area contributed by atoms with Gasteiger partial charge in [0.2, 0.25) is 0 Å². The summed E-state index contributed by atoms with van der Waals surface area (Å²) in [6, 6.07) is 8.83. The number of halogens is 3. The van der Waals surface area contributed by atoms with Crippen molar-refractivity contribution in [1.29, 1.82) is 5.26 Å². The van der Waals surface area contributed by atoms with Crippen molar-refractivity contribution in [2.45, 2.75) is 12.8 Å². The van der Waals surface area contributed by atoms with E-state index in [2.05, 4.69) is 4.98 Å². The van der Waals surface area contributed by atoms with E-state index < -0.39 is 11.9 Å². The van der Waals surface area contributed by atoms with Crippen LogP contribution in [0.4, 0.5) is 13.2 Å². The number of alkyl halides is 3. The molecule has 0 saturated heterocycles. The van der Waals surface area contributed by atoms with Crippen LogP contribution in [0.3, 0.4) is 0 Å². The lowest BCUT2D eigenvalue weighted by Gasteiger charge is -2.10. The molecule has 2 aromatic rings. The van der Waals surface area contributed by atoms with Gasteiger partial charge in [-0.2, -0.15) is 18.4 Å². The zero-order chi connectivity index (χ0) is 16.2. The van der Waals surface area contributed by atoms with Crippen molar-refractivity contribution in [3.05, 3.63) is 53.3 Å². The molecule has 0 radical (unpaired) electrons. The predicted molar refractivity (Wildman–Crippen MR) is 71.3 cm³/mol. The van der Waals surface area contributed by atoms with Crippen LogP contribution in [0.15, 0.2) is 36.5 Å². The molecule has 7 heteroatoms. The lowest BCUT2D eigenvalue weighted by molar-refractivity contribution is -0.141. The van der Waals surface area contributed by atoms with Crippen molar-refractivity contribution in [3.8, 4) is 17.6 Å². The molecule has 114 valence electrons. The van der Waals surface area contributed by atoms with Gasteiger partial charge in [-0.3, -0.25) is 4.98 Å². The Morgan fingerprint density at radius 1 is 1.23 bits per heavy atom. The largest absolute Gasteiger partial charge is 0.495 e. The van der Waals surface area contributed by atoms with Crippen LogP contribution in [0.5, 0.6) is 11.5 Å². The van der Waals surface area contributed by atoms with Crippen LogP contribution in [0, 0.1) is 11.3 Å². The van der Waals surface area contributed by atoms with Gasteiger partial charge in [-0.25, -0.2) is 0 Å². The molecule has 0 aliphatic carbocycles. The maximum atomic E-state index is 12.4. The fraction of sp³-hybridized carbons (Fsp3) is 0.200. The van der Waals surface area contributed by atoms with Crippen LogP contribution in [-0.2, 0) is 12.8 Å². The Balaban J connectivity index is 2.06. The number of hydrogen-bond acceptors (Lipinski definition) is 4. The van der Waals surface area contributed by atoms with E-state index in [4.69, 9.17) is 14.7 Å². The molecule has 2 rings (SSSR count). The number of nitrogens with zero attached hydrogens (tertiary/aromatic N) is 2. The van der Waals surface area contributed by atoms with Gasteiger partial charge in [-0.15, -0.1) is 0 Å². The third kappa shape index (κ3) is 3.67. The number of benzene rings is 1. The molecule has 4 nitrogen and oxygen atoms in total. The molecule has 1 aromatic carbocycles. The molecule has 0 aliphatic heterocycles. The molecule has 0 fully saturated rings. The highest BCUT2D eigenvalue weighted by molar-refractivity contribution is 5.47. The standard InChI is InChI=1S/C15H11F3N2O2/c1-21-13-6-12(4-3-11(13)7-19)22-9-10-2-5-14(20-8-10)15(16,17)18/h2-6,8H,9H2,1H3. The highest BCUT2D eigenvalue weighted by Crippen LogP contribution is 2.28. The summed E-state index contributed by atoms with van der Waals surface area (Å²) in [6.07, 6.45) is -3.34. The van der Waals surface area contributed by atoms with Crippen molar-refractivity contribution >= 4 is 0 Å². The van der Waals surface area contributed by atoms with E-state index in [9.17, 15) is 13.2 Å². The number of pyridine rings is 1. The van der Waals surface area contributed by atoms with E-state index in [0.717, 1.165) is 12.3 Å². The first-order valence-corrected chi connectivity index (χ1v) is 6.17. The maximum absolute atomic E-state index is 12.4. The SMILES string of the molecule is COc1cc(OCc2ccc(C(F)(F)F)nc2)ccc1C#N. The summed E-state index contributed by atoms with van der Waals surface area (Å²) in [5, 5.41) is 8.87. The van der Waals surface area contributed by atoms with E-state index in [1.165, 1.54) is 19.2 Å². The Morgan fingerprint density at radius 2 is 2.00 bits per heavy atom. The van der Waals surface area contributed by atoms with E-state index in [-0.39, 0.29) is 6.61 Å². The lowest BCUT2D eigenvalue weighted by atomic mass is 10.2. The Kier molecular flexibility index (Phi) is 4.51. The van der Waals surface area contributed by atoms with Crippen molar-refractivity contribution in [2.75, 3.05) is 7.11 Å². The van der Waals surface area contributed by atoms with Crippen molar-refractivity contribution in [2.24, 2.45) is 0 Å². The second-order valence-electron chi connectivity index (χ2n) is 4.31. The van der Waals surface area contributed by atoms with E-state index in [1.807, 2.05) is 6.07 Å². The summed E-state index contributed by atoms with van der Waals surface area (Å²) >= 11 is 0. The summed E-state index contributed by atoms with van der Waals surface area (Å²) in [5.74, 6) is 0.807. The molecule has 0 bridgehead atoms. The summed E-state index contributed by atoms with van der Waals surface area (Å²) in [7, 11) is 1.43. The van der Waals surface area contributed by atoms with Crippen molar-refractivity contribution in [1.82, 2.24) is 4.98 Å². The monoisotopic (exact) mass is 308 g/mol. The Morgan fingerprint density at radius 3 is 2.55 bits per heavy atom. The highest BCUT2D eigenvalue weighted by atomic mass is 19.4. The smallest absolute Gasteiger partial charge is 0.433 e. The van der Waals surface area contributed by atoms with Crippen LogP contribution < -0.4 is 9.47 Å². The molecule has 0 amide bonds. The summed E-state index contributed by atoms with van der Waals surface area (Å²) < 4.78 is 47.7. The second kappa shape index (κ2) is 6.35. The molecule has 0 atom stereocenters. The minimum Gasteiger partial charge on any atom is -0.495 e. The third-order valence-electron chi connectivity index (χ3n) is 2.81. The second-order valence-corrected chi connectivity index (χ2v) is 4.31. The molecule has 0 unspecified atom stereocenters. The summed E-state index contributed by atoms with van der Waals surface area (Å²) in [6.45, 7) is 0.0557. The minimum atomic E-state index is -4.46. The molecule has 0 spiro atoms. The quantitative estimate of drug-likeness (QED) is 0.866. The third-order valence-corrected chi connectivity index (χ3v) is 2.81. The first kappa shape index (κ1) is 15.6. The van der Waals surface area contributed by atoms with Crippen LogP contribution in [0.1, 0.15) is 16.8 Å². The Labute approximate surface area is 124 Å². The van der Waals surface area contributed by atoms with Crippen molar-refractivity contribution < 1.29 is 22.6 Å². The zero-order valence-corrected chi connectivity index (χ0v) is 11.5.